The molecule has 0 saturated carbocycles. The molecule has 0 bridgehead atoms. The van der Waals surface area contributed by atoms with Gasteiger partial charge >= 0.3 is 0 Å². The van der Waals surface area contributed by atoms with Gasteiger partial charge in [-0.2, -0.15) is 5.26 Å². The van der Waals surface area contributed by atoms with Crippen molar-refractivity contribution in [2.24, 2.45) is 0 Å². The molecule has 0 spiro atoms. The Morgan fingerprint density at radius 2 is 1.53 bits per heavy atom. The minimum atomic E-state index is -1.72. The summed E-state index contributed by atoms with van der Waals surface area (Å²) in [5.74, 6) is 0. The number of nitrogens with zero attached hydrogens (tertiary/aromatic N) is 1. The Labute approximate surface area is 192 Å². The summed E-state index contributed by atoms with van der Waals surface area (Å²) >= 11 is 0. The van der Waals surface area contributed by atoms with E-state index in [2.05, 4.69) is 98.7 Å². The standard InChI is InChI=1S/C28H30N2OS/c1-28(2,3)32(24-12-6-4-7-13-24,25-14-8-5-9-15-25)31-18-10-11-23-21-30-27-17-16-22(20-29)19-26(23)27/h4-9,12-17,19,21,30H,10-11,18H2,1-3H3. The topological polar surface area (TPSA) is 48.8 Å². The van der Waals surface area contributed by atoms with Crippen LogP contribution in [0.3, 0.4) is 0 Å². The average molecular weight is 443 g/mol. The van der Waals surface area contributed by atoms with E-state index in [0.717, 1.165) is 23.7 Å². The van der Waals surface area contributed by atoms with Gasteiger partial charge in [0.15, 0.2) is 0 Å². The minimum Gasteiger partial charge on any atom is -0.361 e. The van der Waals surface area contributed by atoms with Crippen molar-refractivity contribution in [1.82, 2.24) is 4.98 Å². The molecule has 0 unspecified atom stereocenters. The molecule has 3 aromatic carbocycles. The number of aromatic amines is 1. The molecule has 32 heavy (non-hydrogen) atoms. The van der Waals surface area contributed by atoms with Crippen LogP contribution in [0, 0.1) is 11.3 Å². The summed E-state index contributed by atoms with van der Waals surface area (Å²) in [6.07, 6.45) is 3.87. The van der Waals surface area contributed by atoms with Crippen LogP contribution in [0.5, 0.6) is 0 Å². The molecular formula is C28H30N2OS. The van der Waals surface area contributed by atoms with Gasteiger partial charge in [-0.3, -0.25) is 0 Å². The maximum Gasteiger partial charge on any atom is 0.0991 e. The normalized spacial score (nSPS) is 12.6. The Bertz CT molecular complexity index is 1180. The second-order valence-corrected chi connectivity index (χ2v) is 12.4. The second-order valence-electron chi connectivity index (χ2n) is 8.91. The Hall–Kier alpha value is -3.00. The summed E-state index contributed by atoms with van der Waals surface area (Å²) < 4.78 is 6.87. The number of benzene rings is 3. The Morgan fingerprint density at radius 3 is 2.09 bits per heavy atom. The molecule has 0 amide bonds. The van der Waals surface area contributed by atoms with Crippen LogP contribution in [-0.2, 0) is 10.6 Å². The maximum atomic E-state index is 9.24. The van der Waals surface area contributed by atoms with E-state index in [1.807, 2.05) is 18.2 Å². The summed E-state index contributed by atoms with van der Waals surface area (Å²) in [5.41, 5.74) is 3.00. The van der Waals surface area contributed by atoms with Crippen LogP contribution in [0.4, 0.5) is 0 Å². The van der Waals surface area contributed by atoms with Crippen LogP contribution in [0.25, 0.3) is 10.9 Å². The lowest BCUT2D eigenvalue weighted by Gasteiger charge is -2.50. The van der Waals surface area contributed by atoms with E-state index < -0.39 is 10.3 Å². The van der Waals surface area contributed by atoms with E-state index in [1.165, 1.54) is 15.4 Å². The third-order valence-electron chi connectivity index (χ3n) is 5.76. The van der Waals surface area contributed by atoms with Crippen molar-refractivity contribution in [3.8, 4) is 6.07 Å². The van der Waals surface area contributed by atoms with Crippen LogP contribution in [-0.4, -0.2) is 16.3 Å². The number of nitrogens with one attached hydrogen (secondary N) is 1. The third kappa shape index (κ3) is 4.19. The zero-order valence-electron chi connectivity index (χ0n) is 19.0. The fourth-order valence-corrected chi connectivity index (χ4v) is 8.04. The van der Waals surface area contributed by atoms with E-state index in [0.29, 0.717) is 12.2 Å². The number of rotatable bonds is 7. The molecule has 0 aliphatic heterocycles. The van der Waals surface area contributed by atoms with Gasteiger partial charge in [0.2, 0.25) is 0 Å². The summed E-state index contributed by atoms with van der Waals surface area (Å²) in [7, 11) is -1.72. The third-order valence-corrected chi connectivity index (χ3v) is 9.88. The first-order valence-corrected chi connectivity index (χ1v) is 12.6. The summed E-state index contributed by atoms with van der Waals surface area (Å²) in [4.78, 5) is 5.84. The molecule has 0 fully saturated rings. The largest absolute Gasteiger partial charge is 0.361 e. The Morgan fingerprint density at radius 1 is 0.906 bits per heavy atom. The lowest BCUT2D eigenvalue weighted by Crippen LogP contribution is -2.28. The molecule has 0 saturated heterocycles. The number of fused-ring (bicyclic) bond motifs is 1. The first-order valence-electron chi connectivity index (χ1n) is 11.0. The van der Waals surface area contributed by atoms with E-state index in [1.54, 1.807) is 0 Å². The molecule has 0 atom stereocenters. The first kappa shape index (κ1) is 22.2. The average Bonchev–Trinajstić information content (AvgIpc) is 3.21. The molecule has 0 aliphatic rings. The molecule has 4 heteroatoms. The highest BCUT2D eigenvalue weighted by Gasteiger charge is 2.41. The van der Waals surface area contributed by atoms with Gasteiger partial charge in [0.1, 0.15) is 0 Å². The first-order chi connectivity index (χ1) is 15.5. The molecule has 4 rings (SSSR count). The Kier molecular flexibility index (Phi) is 6.41. The predicted octanol–water partition coefficient (Wildman–Crippen LogP) is 7.63. The van der Waals surface area contributed by atoms with E-state index in [-0.39, 0.29) is 4.75 Å². The van der Waals surface area contributed by atoms with Crippen LogP contribution < -0.4 is 0 Å². The monoisotopic (exact) mass is 442 g/mol. The van der Waals surface area contributed by atoms with Gasteiger partial charge in [0.25, 0.3) is 0 Å². The van der Waals surface area contributed by atoms with Crippen molar-refractivity contribution in [2.45, 2.75) is 48.2 Å². The van der Waals surface area contributed by atoms with E-state index in [4.69, 9.17) is 4.18 Å². The quantitative estimate of drug-likeness (QED) is 0.299. The molecule has 164 valence electrons. The predicted molar refractivity (Wildman–Crippen MR) is 134 cm³/mol. The molecule has 4 aromatic rings. The van der Waals surface area contributed by atoms with Crippen molar-refractivity contribution in [1.29, 1.82) is 5.26 Å². The summed E-state index contributed by atoms with van der Waals surface area (Å²) in [6.45, 7) is 7.52. The van der Waals surface area contributed by atoms with Crippen molar-refractivity contribution in [2.75, 3.05) is 6.61 Å². The second kappa shape index (κ2) is 9.24. The lowest BCUT2D eigenvalue weighted by molar-refractivity contribution is 0.336. The van der Waals surface area contributed by atoms with Crippen LogP contribution in [0.1, 0.15) is 38.3 Å². The SMILES string of the molecule is CC(C)(C)S(OCCCc1c[nH]c2ccc(C#N)cc12)(c1ccccc1)c1ccccc1. The van der Waals surface area contributed by atoms with Crippen molar-refractivity contribution in [3.63, 3.8) is 0 Å². The van der Waals surface area contributed by atoms with E-state index in [9.17, 15) is 5.26 Å². The van der Waals surface area contributed by atoms with Crippen molar-refractivity contribution in [3.05, 3.63) is 96.2 Å². The fourth-order valence-electron chi connectivity index (χ4n) is 4.28. The van der Waals surface area contributed by atoms with Gasteiger partial charge in [0, 0.05) is 31.6 Å². The van der Waals surface area contributed by atoms with Crippen molar-refractivity contribution < 1.29 is 4.18 Å². The number of aromatic nitrogens is 1. The summed E-state index contributed by atoms with van der Waals surface area (Å²) in [6, 6.07) is 29.4. The molecule has 0 aliphatic carbocycles. The highest BCUT2D eigenvalue weighted by atomic mass is 32.3. The fraction of sp³-hybridized carbons (Fsp3) is 0.250. The summed E-state index contributed by atoms with van der Waals surface area (Å²) in [5, 5.41) is 10.4. The van der Waals surface area contributed by atoms with E-state index >= 15 is 0 Å². The molecule has 1 aromatic heterocycles. The zero-order valence-corrected chi connectivity index (χ0v) is 19.8. The van der Waals surface area contributed by atoms with Gasteiger partial charge in [-0.1, -0.05) is 46.7 Å². The van der Waals surface area contributed by atoms with Crippen LogP contribution in [0.2, 0.25) is 0 Å². The van der Waals surface area contributed by atoms with Gasteiger partial charge in [0.05, 0.1) is 18.2 Å². The number of H-pyrrole nitrogens is 1. The molecule has 1 heterocycles. The minimum absolute atomic E-state index is 0.0712. The maximum absolute atomic E-state index is 9.24. The number of nitriles is 1. The number of hydrogen-bond donors (Lipinski definition) is 1. The lowest BCUT2D eigenvalue weighted by atomic mass is 10.1. The van der Waals surface area contributed by atoms with Gasteiger partial charge in [-0.05, 0) is 81.6 Å². The number of aryl methyl sites for hydroxylation is 1. The Balaban J connectivity index is 1.60. The van der Waals surface area contributed by atoms with Gasteiger partial charge in [-0.25, -0.2) is 0 Å². The molecule has 0 radical (unpaired) electrons. The van der Waals surface area contributed by atoms with Crippen LogP contribution >= 0.6 is 10.3 Å². The van der Waals surface area contributed by atoms with Gasteiger partial charge < -0.3 is 9.17 Å². The molecular weight excluding hydrogens is 412 g/mol. The molecule has 3 nitrogen and oxygen atoms in total. The molecule has 1 N–H and O–H groups in total. The van der Waals surface area contributed by atoms with Crippen molar-refractivity contribution >= 4 is 21.2 Å². The number of hydrogen-bond acceptors (Lipinski definition) is 2. The highest BCUT2D eigenvalue weighted by Crippen LogP contribution is 2.71. The highest BCUT2D eigenvalue weighted by molar-refractivity contribution is 8.31. The zero-order chi connectivity index (χ0) is 22.6. The van der Waals surface area contributed by atoms with Gasteiger partial charge in [-0.15, -0.1) is 0 Å². The smallest absolute Gasteiger partial charge is 0.0991 e. The van der Waals surface area contributed by atoms with Crippen LogP contribution in [0.15, 0.2) is 94.9 Å².